The molecule has 3 atom stereocenters. The van der Waals surface area contributed by atoms with Gasteiger partial charge in [-0.25, -0.2) is 5.43 Å². The highest BCUT2D eigenvalue weighted by Crippen LogP contribution is 2.49. The van der Waals surface area contributed by atoms with Gasteiger partial charge in [0.2, 0.25) is 5.91 Å². The Morgan fingerprint density at radius 2 is 1.81 bits per heavy atom. The number of hydrogen-bond donors (Lipinski definition) is 1. The standard InChI is InChI=1S/C25H28N4O2/c1-28(16-17-7-3-2-4-8-17)24-21-9-5-6-10-22(21)25(31)29(27-24)26-23(30)15-20-14-18-11-12-19(20)13-18/h2-10,18-20H,11-16H2,1H3,(H,26,30)/t18-,19+,20-/m1/s1. The van der Waals surface area contributed by atoms with E-state index in [2.05, 4.69) is 22.7 Å². The smallest absolute Gasteiger partial charge is 0.294 e. The van der Waals surface area contributed by atoms with Crippen molar-refractivity contribution < 1.29 is 4.79 Å². The van der Waals surface area contributed by atoms with Crippen LogP contribution in [0.25, 0.3) is 10.8 Å². The van der Waals surface area contributed by atoms with Gasteiger partial charge in [-0.2, -0.15) is 0 Å². The fourth-order valence-corrected chi connectivity index (χ4v) is 5.49. The summed E-state index contributed by atoms with van der Waals surface area (Å²) in [5, 5.41) is 5.89. The summed E-state index contributed by atoms with van der Waals surface area (Å²) in [6, 6.07) is 17.6. The molecule has 2 fully saturated rings. The molecule has 2 saturated carbocycles. The third-order valence-corrected chi connectivity index (χ3v) is 6.97. The lowest BCUT2D eigenvalue weighted by Gasteiger charge is -2.22. The highest BCUT2D eigenvalue weighted by molar-refractivity contribution is 5.92. The van der Waals surface area contributed by atoms with Crippen LogP contribution in [0.1, 0.15) is 37.7 Å². The quantitative estimate of drug-likeness (QED) is 0.661. The van der Waals surface area contributed by atoms with Crippen molar-refractivity contribution in [2.45, 2.75) is 38.6 Å². The van der Waals surface area contributed by atoms with Gasteiger partial charge in [0, 0.05) is 25.4 Å². The van der Waals surface area contributed by atoms with Gasteiger partial charge in [-0.3, -0.25) is 9.59 Å². The summed E-state index contributed by atoms with van der Waals surface area (Å²) < 4.78 is 0. The van der Waals surface area contributed by atoms with E-state index in [1.807, 2.05) is 48.3 Å². The Balaban J connectivity index is 1.42. The van der Waals surface area contributed by atoms with Gasteiger partial charge in [0.15, 0.2) is 5.82 Å². The summed E-state index contributed by atoms with van der Waals surface area (Å²) in [5.74, 6) is 2.45. The van der Waals surface area contributed by atoms with Crippen LogP contribution in [0.4, 0.5) is 5.82 Å². The molecule has 0 saturated heterocycles. The number of benzene rings is 2. The Bertz CT molecular complexity index is 1160. The molecule has 1 aromatic heterocycles. The summed E-state index contributed by atoms with van der Waals surface area (Å²) in [6.45, 7) is 0.648. The number of carbonyl (C=O) groups excluding carboxylic acids is 1. The van der Waals surface area contributed by atoms with Crippen LogP contribution < -0.4 is 15.9 Å². The molecule has 31 heavy (non-hydrogen) atoms. The van der Waals surface area contributed by atoms with E-state index < -0.39 is 0 Å². The predicted octanol–water partition coefficient (Wildman–Crippen LogP) is 3.93. The fourth-order valence-electron chi connectivity index (χ4n) is 5.49. The van der Waals surface area contributed by atoms with E-state index in [-0.39, 0.29) is 11.5 Å². The van der Waals surface area contributed by atoms with Gasteiger partial charge in [0.05, 0.1) is 5.39 Å². The average Bonchev–Trinajstić information content (AvgIpc) is 3.39. The minimum atomic E-state index is -0.297. The monoisotopic (exact) mass is 416 g/mol. The first-order valence-corrected chi connectivity index (χ1v) is 11.2. The number of hydrogen-bond acceptors (Lipinski definition) is 4. The Hall–Kier alpha value is -3.15. The molecule has 0 unspecified atom stereocenters. The molecule has 2 aliphatic carbocycles. The number of anilines is 1. The van der Waals surface area contributed by atoms with Crippen molar-refractivity contribution in [3.63, 3.8) is 0 Å². The Labute approximate surface area is 181 Å². The van der Waals surface area contributed by atoms with Gasteiger partial charge in [-0.05, 0) is 48.6 Å². The van der Waals surface area contributed by atoms with Crippen molar-refractivity contribution in [2.24, 2.45) is 17.8 Å². The predicted molar refractivity (Wildman–Crippen MR) is 122 cm³/mol. The van der Waals surface area contributed by atoms with Gasteiger partial charge in [0.25, 0.3) is 5.56 Å². The van der Waals surface area contributed by atoms with E-state index in [4.69, 9.17) is 0 Å². The second kappa shape index (κ2) is 8.17. The molecular weight excluding hydrogens is 388 g/mol. The van der Waals surface area contributed by atoms with Crippen molar-refractivity contribution in [3.8, 4) is 0 Å². The van der Waals surface area contributed by atoms with Gasteiger partial charge in [0.1, 0.15) is 0 Å². The molecule has 1 N–H and O–H groups in total. The molecule has 5 rings (SSSR count). The van der Waals surface area contributed by atoms with Gasteiger partial charge in [-0.15, -0.1) is 9.89 Å². The average molecular weight is 417 g/mol. The van der Waals surface area contributed by atoms with Crippen LogP contribution >= 0.6 is 0 Å². The number of aromatic nitrogens is 2. The number of fused-ring (bicyclic) bond motifs is 3. The molecule has 0 radical (unpaired) electrons. The molecule has 1 amide bonds. The van der Waals surface area contributed by atoms with Crippen LogP contribution in [0.5, 0.6) is 0 Å². The largest absolute Gasteiger partial charge is 0.353 e. The molecule has 2 bridgehead atoms. The highest BCUT2D eigenvalue weighted by Gasteiger charge is 2.40. The highest BCUT2D eigenvalue weighted by atomic mass is 16.2. The van der Waals surface area contributed by atoms with Crippen molar-refractivity contribution in [1.82, 2.24) is 9.89 Å². The molecule has 2 aromatic carbocycles. The van der Waals surface area contributed by atoms with Crippen LogP contribution in [0.2, 0.25) is 0 Å². The fraction of sp³-hybridized carbons (Fsp3) is 0.400. The molecule has 6 nitrogen and oxygen atoms in total. The first-order chi connectivity index (χ1) is 15.1. The molecule has 160 valence electrons. The van der Waals surface area contributed by atoms with Crippen molar-refractivity contribution in [1.29, 1.82) is 0 Å². The lowest BCUT2D eigenvalue weighted by atomic mass is 9.86. The first kappa shape index (κ1) is 19.8. The Morgan fingerprint density at radius 1 is 1.06 bits per heavy atom. The molecule has 6 heteroatoms. The van der Waals surface area contributed by atoms with E-state index in [0.29, 0.717) is 36.0 Å². The maximum atomic E-state index is 13.0. The van der Waals surface area contributed by atoms with E-state index in [1.54, 1.807) is 6.07 Å². The number of carbonyl (C=O) groups is 1. The van der Waals surface area contributed by atoms with Crippen LogP contribution in [-0.4, -0.2) is 22.8 Å². The first-order valence-electron chi connectivity index (χ1n) is 11.2. The zero-order chi connectivity index (χ0) is 21.4. The number of nitrogens with zero attached hydrogens (tertiary/aromatic N) is 3. The third kappa shape index (κ3) is 3.94. The molecule has 1 heterocycles. The summed E-state index contributed by atoms with van der Waals surface area (Å²) in [7, 11) is 1.95. The van der Waals surface area contributed by atoms with Crippen LogP contribution in [0.15, 0.2) is 59.4 Å². The summed E-state index contributed by atoms with van der Waals surface area (Å²) in [5.41, 5.74) is 3.63. The maximum Gasteiger partial charge on any atom is 0.294 e. The van der Waals surface area contributed by atoms with Crippen LogP contribution in [0.3, 0.4) is 0 Å². The zero-order valence-electron chi connectivity index (χ0n) is 17.8. The van der Waals surface area contributed by atoms with Gasteiger partial charge in [-0.1, -0.05) is 55.0 Å². The van der Waals surface area contributed by atoms with E-state index in [9.17, 15) is 9.59 Å². The van der Waals surface area contributed by atoms with E-state index >= 15 is 0 Å². The SMILES string of the molecule is CN(Cc1ccccc1)c1nn(NC(=O)C[C@H]2C[C@@H]3CC[C@H]2C3)c(=O)c2ccccc12. The molecular formula is C25H28N4O2. The van der Waals surface area contributed by atoms with E-state index in [0.717, 1.165) is 28.1 Å². The maximum absolute atomic E-state index is 13.0. The zero-order valence-corrected chi connectivity index (χ0v) is 17.8. The Morgan fingerprint density at radius 3 is 2.52 bits per heavy atom. The normalized spacial score (nSPS) is 22.0. The van der Waals surface area contributed by atoms with Gasteiger partial charge >= 0.3 is 0 Å². The number of nitrogens with one attached hydrogen (secondary N) is 1. The summed E-state index contributed by atoms with van der Waals surface area (Å²) >= 11 is 0. The van der Waals surface area contributed by atoms with E-state index in [1.165, 1.54) is 19.3 Å². The lowest BCUT2D eigenvalue weighted by molar-refractivity contribution is -0.118. The molecule has 0 spiro atoms. The summed E-state index contributed by atoms with van der Waals surface area (Å²) in [6.07, 6.45) is 5.43. The molecule has 2 aliphatic rings. The molecule has 0 aliphatic heterocycles. The number of rotatable bonds is 6. The minimum absolute atomic E-state index is 0.126. The second-order valence-electron chi connectivity index (χ2n) is 9.10. The van der Waals surface area contributed by atoms with Crippen molar-refractivity contribution in [3.05, 3.63) is 70.5 Å². The van der Waals surface area contributed by atoms with Crippen molar-refractivity contribution >= 4 is 22.5 Å². The third-order valence-electron chi connectivity index (χ3n) is 6.97. The van der Waals surface area contributed by atoms with Crippen LogP contribution in [0, 0.1) is 17.8 Å². The second-order valence-corrected chi connectivity index (χ2v) is 9.10. The molecule has 3 aromatic rings. The number of amides is 1. The Kier molecular flexibility index (Phi) is 5.22. The summed E-state index contributed by atoms with van der Waals surface area (Å²) in [4.78, 5) is 29.0. The lowest BCUT2D eigenvalue weighted by Crippen LogP contribution is -2.37. The van der Waals surface area contributed by atoms with Gasteiger partial charge < -0.3 is 4.90 Å². The minimum Gasteiger partial charge on any atom is -0.353 e. The topological polar surface area (TPSA) is 67.2 Å². The van der Waals surface area contributed by atoms with Crippen LogP contribution in [-0.2, 0) is 11.3 Å². The van der Waals surface area contributed by atoms with Crippen molar-refractivity contribution in [2.75, 3.05) is 17.4 Å².